The van der Waals surface area contributed by atoms with Crippen LogP contribution < -0.4 is 0 Å². The molecule has 19 heteroatoms. The van der Waals surface area contributed by atoms with E-state index in [0.29, 0.717) is 50.2 Å². The number of benzene rings is 3. The van der Waals surface area contributed by atoms with Crippen molar-refractivity contribution in [1.29, 1.82) is 0 Å². The molecule has 6 heterocycles. The normalized spacial score (nSPS) is 8.15. The summed E-state index contributed by atoms with van der Waals surface area (Å²) < 4.78 is 125. The van der Waals surface area contributed by atoms with Crippen LogP contribution in [0.15, 0.2) is 178 Å². The number of halogens is 11. The Morgan fingerprint density at radius 1 is 0.430 bits per heavy atom. The van der Waals surface area contributed by atoms with Gasteiger partial charge in [-0.15, -0.1) is 16.2 Å². The molecular weight excluding hydrogens is 1080 g/mol. The van der Waals surface area contributed by atoms with Gasteiger partial charge in [0.05, 0.1) is 87.6 Å². The lowest BCUT2D eigenvalue weighted by Gasteiger charge is -1.92. The van der Waals surface area contributed by atoms with E-state index in [1.807, 2.05) is 116 Å². The fourth-order valence-electron chi connectivity index (χ4n) is 4.34. The Morgan fingerprint density at radius 2 is 0.848 bits per heavy atom. The number of nitrogens with zero attached hydrogens (tertiary/aromatic N) is 4. The summed E-state index contributed by atoms with van der Waals surface area (Å²) in [5.41, 5.74) is 10.4. The van der Waals surface area contributed by atoms with Gasteiger partial charge in [-0.3, -0.25) is 35.4 Å². The van der Waals surface area contributed by atoms with Gasteiger partial charge in [-0.2, -0.15) is 21.5 Å². The summed E-state index contributed by atoms with van der Waals surface area (Å²) in [4.78, 5) is 1.67. The van der Waals surface area contributed by atoms with Gasteiger partial charge in [-0.25, -0.2) is 13.2 Å². The molecule has 0 N–H and O–H groups in total. The van der Waals surface area contributed by atoms with Crippen molar-refractivity contribution in [3.63, 3.8) is 0 Å². The van der Waals surface area contributed by atoms with Gasteiger partial charge in [0.25, 0.3) is 0 Å². The Hall–Kier alpha value is -6.73. The number of hydrogen-bond acceptors (Lipinski definition) is 6. The maximum atomic E-state index is 11.9. The van der Waals surface area contributed by atoms with Crippen LogP contribution in [0.25, 0.3) is 0 Å². The average molecular weight is 1170 g/mol. The molecule has 0 aliphatic heterocycles. The lowest BCUT2D eigenvalue weighted by atomic mass is 10.2. The lowest BCUT2D eigenvalue weighted by Crippen LogP contribution is -1.83. The second-order valence-electron chi connectivity index (χ2n) is 14.5. The first-order chi connectivity index (χ1) is 38.1. The minimum absolute atomic E-state index is 0.287. The van der Waals surface area contributed by atoms with E-state index in [9.17, 15) is 48.4 Å². The van der Waals surface area contributed by atoms with Gasteiger partial charge in [0, 0.05) is 18.1 Å². The maximum Gasteiger partial charge on any atom is 0.115 e. The van der Waals surface area contributed by atoms with Crippen LogP contribution in [0.2, 0.25) is 0 Å². The number of furan rings is 2. The zero-order chi connectivity index (χ0) is 62.2. The van der Waals surface area contributed by atoms with E-state index in [1.165, 1.54) is 50.7 Å². The predicted molar refractivity (Wildman–Crippen MR) is 314 cm³/mol. The molecule has 79 heavy (non-hydrogen) atoms. The topological polar surface area (TPSA) is 61.9 Å². The fourth-order valence-corrected chi connectivity index (χ4v) is 5.54. The van der Waals surface area contributed by atoms with Crippen molar-refractivity contribution in [3.05, 3.63) is 235 Å². The first-order valence-corrected chi connectivity index (χ1v) is 25.1. The number of hydrogen-bond donors (Lipinski definition) is 0. The zero-order valence-electron chi connectivity index (χ0n) is 48.9. The van der Waals surface area contributed by atoms with E-state index >= 15 is 0 Å². The summed E-state index contributed by atoms with van der Waals surface area (Å²) in [6.45, 7) is 16.8. The van der Waals surface area contributed by atoms with E-state index in [0.717, 1.165) is 28.0 Å². The molecule has 0 fully saturated rings. The largest absolute Gasteiger partial charge is 0.472 e. The molecule has 9 aromatic rings. The molecule has 0 atom stereocenters. The van der Waals surface area contributed by atoms with Crippen LogP contribution in [0.1, 0.15) is 66.3 Å². The van der Waals surface area contributed by atoms with Crippen molar-refractivity contribution in [2.45, 2.75) is 82.3 Å². The maximum absolute atomic E-state index is 11.9. The summed E-state index contributed by atoms with van der Waals surface area (Å²) in [6, 6.07) is 34.2. The van der Waals surface area contributed by atoms with E-state index in [1.54, 1.807) is 89.5 Å². The molecule has 0 aliphatic carbocycles. The molecule has 0 aliphatic rings. The Balaban J connectivity index is -0.000000144. The first kappa shape index (κ1) is 86.2. The number of rotatable bonds is 3. The van der Waals surface area contributed by atoms with Gasteiger partial charge < -0.3 is 8.83 Å². The van der Waals surface area contributed by atoms with Gasteiger partial charge in [-0.05, 0) is 148 Å². The minimum Gasteiger partial charge on any atom is -0.472 e. The molecular formula is C60H85F11N4O2S2. The van der Waals surface area contributed by atoms with Gasteiger partial charge >= 0.3 is 0 Å². The monoisotopic (exact) mass is 1170 g/mol. The third kappa shape index (κ3) is 60.4. The first-order valence-electron chi connectivity index (χ1n) is 23.2. The third-order valence-corrected chi connectivity index (χ3v) is 9.60. The van der Waals surface area contributed by atoms with Crippen LogP contribution in [0, 0.1) is 62.3 Å². The molecule has 0 radical (unpaired) electrons. The summed E-state index contributed by atoms with van der Waals surface area (Å²) in [5.74, 6) is 0.968. The lowest BCUT2D eigenvalue weighted by molar-refractivity contribution is 0.316. The minimum atomic E-state index is -0.361. The van der Waals surface area contributed by atoms with Gasteiger partial charge in [0.1, 0.15) is 25.8 Å². The fraction of sp³-hybridized carbons (Fsp3) is 0.333. The third-order valence-electron chi connectivity index (χ3n) is 7.99. The highest BCUT2D eigenvalue weighted by Gasteiger charge is 1.90. The van der Waals surface area contributed by atoms with Gasteiger partial charge in [0.2, 0.25) is 0 Å². The van der Waals surface area contributed by atoms with Crippen LogP contribution in [0.4, 0.5) is 48.4 Å². The highest BCUT2D eigenvalue weighted by atomic mass is 32.1. The number of aromatic nitrogens is 4. The van der Waals surface area contributed by atoms with Crippen LogP contribution in [-0.2, 0) is 27.1 Å². The zero-order valence-corrected chi connectivity index (χ0v) is 50.5. The average Bonchev–Trinajstić information content (AvgIpc) is 4.41. The number of alkyl halides is 10. The summed E-state index contributed by atoms with van der Waals surface area (Å²) >= 11 is 3.52. The molecule has 0 unspecified atom stereocenters. The second kappa shape index (κ2) is 67.4. The summed E-state index contributed by atoms with van der Waals surface area (Å²) in [7, 11) is 5.41. The van der Waals surface area contributed by atoms with Crippen LogP contribution in [-0.4, -0.2) is 70.0 Å². The molecule has 0 amide bonds. The van der Waals surface area contributed by atoms with Crippen molar-refractivity contribution >= 4 is 22.7 Å². The number of thiophene rings is 2. The second-order valence-corrected chi connectivity index (χ2v) is 16.4. The van der Waals surface area contributed by atoms with E-state index in [2.05, 4.69) is 58.4 Å². The van der Waals surface area contributed by atoms with E-state index in [-0.39, 0.29) is 24.9 Å². The Kier molecular flexibility index (Phi) is 73.5. The SMILES string of the molecule is CF.CF.CF.CF.CF.CF.CF.Cc1ccc(CF)cc1.Cc1ccc(CF)cc1.Cc1ccc(CF)cc1.Cc1ccco1.Cc1cccs1.Cc1ccoc1.Cc1ccsc1.Cc1cnn(C)c1.Cc1cnn(F)c1. The Labute approximate surface area is 472 Å². The highest BCUT2D eigenvalue weighted by Crippen LogP contribution is 2.06. The molecule has 0 bridgehead atoms. The molecule has 0 saturated heterocycles. The van der Waals surface area contributed by atoms with Crippen LogP contribution in [0.5, 0.6) is 0 Å². The molecule has 6 nitrogen and oxygen atoms in total. The highest BCUT2D eigenvalue weighted by molar-refractivity contribution is 7.09. The van der Waals surface area contributed by atoms with Crippen molar-refractivity contribution < 1.29 is 57.2 Å². The summed E-state index contributed by atoms with van der Waals surface area (Å²) in [6.07, 6.45) is 11.6. The van der Waals surface area contributed by atoms with E-state index < -0.39 is 0 Å². The number of aryl methyl sites for hydroxylation is 10. The Morgan fingerprint density at radius 3 is 0.975 bits per heavy atom. The molecule has 9 rings (SSSR count). The van der Waals surface area contributed by atoms with Gasteiger partial charge in [-0.1, -0.05) is 100 Å². The smallest absolute Gasteiger partial charge is 0.115 e. The molecule has 0 saturated carbocycles. The van der Waals surface area contributed by atoms with Crippen molar-refractivity contribution in [2.24, 2.45) is 7.05 Å². The van der Waals surface area contributed by atoms with Crippen molar-refractivity contribution in [2.75, 3.05) is 50.2 Å². The van der Waals surface area contributed by atoms with Crippen LogP contribution >= 0.6 is 22.7 Å². The van der Waals surface area contributed by atoms with E-state index in [4.69, 9.17) is 8.83 Å². The molecule has 6 aromatic heterocycles. The van der Waals surface area contributed by atoms with Crippen molar-refractivity contribution in [3.8, 4) is 0 Å². The standard InChI is InChI=1S/3C8H9F.C5H8N2.2C5H6O.2C5H6S.C4H5FN2.7CH3F/c3*1-7-2-4-8(6-9)5-3-7;1-5-3-6-7(2)4-5;1-5-2-3-6-4-5;1-5-3-2-4-6-5;1-5-2-3-6-4-5;1-5-3-2-4-6-5;1-4-2-6-7(5)3-4;7*1-2/h3*2-5H,6H2,1H3;3-4H,1-2H3;4*2-4H,1H3;2-3H,1H3;7*1H3. The predicted octanol–water partition coefficient (Wildman–Crippen LogP) is 20.4. The van der Waals surface area contributed by atoms with Gasteiger partial charge in [0.15, 0.2) is 0 Å². The quantitative estimate of drug-likeness (QED) is 0.165. The summed E-state index contributed by atoms with van der Waals surface area (Å²) in [5, 5.41) is 13.5. The van der Waals surface area contributed by atoms with Crippen LogP contribution in [0.3, 0.4) is 0 Å². The van der Waals surface area contributed by atoms with Crippen molar-refractivity contribution in [1.82, 2.24) is 19.8 Å². The molecule has 446 valence electrons. The Bertz CT molecular complexity index is 2090. The molecule has 3 aromatic carbocycles. The molecule has 0 spiro atoms.